The van der Waals surface area contributed by atoms with Gasteiger partial charge in [0.25, 0.3) is 0 Å². The molecular formula is C13H19BrN2O3. The van der Waals surface area contributed by atoms with E-state index < -0.39 is 5.60 Å². The number of rotatable bonds is 5. The fourth-order valence-electron chi connectivity index (χ4n) is 2.46. The van der Waals surface area contributed by atoms with Gasteiger partial charge in [-0.15, -0.1) is 0 Å². The molecule has 0 saturated carbocycles. The summed E-state index contributed by atoms with van der Waals surface area (Å²) in [6.07, 6.45) is 2.86. The van der Waals surface area contributed by atoms with Crippen LogP contribution in [-0.2, 0) is 16.0 Å². The zero-order valence-electron chi connectivity index (χ0n) is 11.3. The van der Waals surface area contributed by atoms with Crippen molar-refractivity contribution in [3.05, 3.63) is 16.4 Å². The van der Waals surface area contributed by atoms with Crippen molar-refractivity contribution in [2.75, 3.05) is 19.8 Å². The molecule has 0 spiro atoms. The Hall–Kier alpha value is -0.720. The molecule has 0 atom stereocenters. The maximum atomic E-state index is 12.9. The van der Waals surface area contributed by atoms with Crippen molar-refractivity contribution in [3.63, 3.8) is 0 Å². The fraction of sp³-hybridized carbons (Fsp3) is 0.692. The largest absolute Gasteiger partial charge is 0.381 e. The number of ether oxygens (including phenoxy) is 2. The second kappa shape index (κ2) is 6.15. The van der Waals surface area contributed by atoms with Gasteiger partial charge in [0.05, 0.1) is 10.7 Å². The van der Waals surface area contributed by atoms with Crippen LogP contribution in [0.3, 0.4) is 0 Å². The second-order valence-electron chi connectivity index (χ2n) is 4.53. The second-order valence-corrected chi connectivity index (χ2v) is 5.38. The van der Waals surface area contributed by atoms with E-state index in [0.717, 1.165) is 4.47 Å². The predicted molar refractivity (Wildman–Crippen MR) is 74.3 cm³/mol. The Balaban J connectivity index is 2.36. The minimum atomic E-state index is -0.761. The summed E-state index contributed by atoms with van der Waals surface area (Å²) in [5.41, 5.74) is -0.166. The standard InChI is InChI=1S/C13H19BrN2O3/c1-3-16-11(10(14)9-15-16)12(17)13(19-4-2)5-7-18-8-6-13/h9H,3-8H2,1-2H3. The molecule has 0 N–H and O–H groups in total. The molecule has 1 aromatic heterocycles. The predicted octanol–water partition coefficient (Wildman–Crippen LogP) is 2.43. The lowest BCUT2D eigenvalue weighted by molar-refractivity contribution is -0.0826. The Kier molecular flexibility index (Phi) is 4.76. The first kappa shape index (κ1) is 14.7. The summed E-state index contributed by atoms with van der Waals surface area (Å²) < 4.78 is 13.6. The number of nitrogens with zero attached hydrogens (tertiary/aromatic N) is 2. The first-order valence-corrected chi connectivity index (χ1v) is 7.41. The van der Waals surface area contributed by atoms with Crippen LogP contribution in [0, 0.1) is 0 Å². The van der Waals surface area contributed by atoms with Crippen LogP contribution in [0.2, 0.25) is 0 Å². The third-order valence-electron chi connectivity index (χ3n) is 3.44. The van der Waals surface area contributed by atoms with E-state index >= 15 is 0 Å². The highest BCUT2D eigenvalue weighted by Crippen LogP contribution is 2.31. The molecule has 0 aromatic carbocycles. The minimum Gasteiger partial charge on any atom is -0.381 e. The molecule has 0 amide bonds. The number of Topliss-reactive ketones (excluding diaryl/α,β-unsaturated/α-hetero) is 1. The molecule has 0 radical (unpaired) electrons. The van der Waals surface area contributed by atoms with Gasteiger partial charge in [0.15, 0.2) is 0 Å². The molecule has 106 valence electrons. The van der Waals surface area contributed by atoms with Crippen molar-refractivity contribution >= 4 is 21.7 Å². The number of carbonyl (C=O) groups excluding carboxylic acids is 1. The van der Waals surface area contributed by atoms with Crippen molar-refractivity contribution in [1.82, 2.24) is 9.78 Å². The molecule has 6 heteroatoms. The Morgan fingerprint density at radius 1 is 1.53 bits per heavy atom. The maximum absolute atomic E-state index is 12.9. The third kappa shape index (κ3) is 2.75. The summed E-state index contributed by atoms with van der Waals surface area (Å²) >= 11 is 3.41. The molecule has 0 aliphatic carbocycles. The topological polar surface area (TPSA) is 53.3 Å². The lowest BCUT2D eigenvalue weighted by Gasteiger charge is -2.35. The highest BCUT2D eigenvalue weighted by Gasteiger charge is 2.43. The highest BCUT2D eigenvalue weighted by molar-refractivity contribution is 9.10. The van der Waals surface area contributed by atoms with E-state index in [-0.39, 0.29) is 5.78 Å². The summed E-state index contributed by atoms with van der Waals surface area (Å²) in [4.78, 5) is 12.9. The molecule has 1 aromatic rings. The molecular weight excluding hydrogens is 312 g/mol. The maximum Gasteiger partial charge on any atom is 0.213 e. The van der Waals surface area contributed by atoms with Gasteiger partial charge >= 0.3 is 0 Å². The van der Waals surface area contributed by atoms with Crippen LogP contribution in [0.25, 0.3) is 0 Å². The van der Waals surface area contributed by atoms with Gasteiger partial charge in [-0.1, -0.05) is 0 Å². The molecule has 1 aliphatic rings. The van der Waals surface area contributed by atoms with E-state index in [2.05, 4.69) is 21.0 Å². The molecule has 1 saturated heterocycles. The van der Waals surface area contributed by atoms with Crippen LogP contribution in [0.15, 0.2) is 10.7 Å². The van der Waals surface area contributed by atoms with E-state index in [1.54, 1.807) is 10.9 Å². The molecule has 0 unspecified atom stereocenters. The number of carbonyl (C=O) groups is 1. The van der Waals surface area contributed by atoms with E-state index in [4.69, 9.17) is 9.47 Å². The van der Waals surface area contributed by atoms with Crippen LogP contribution >= 0.6 is 15.9 Å². The normalized spacial score (nSPS) is 18.5. The number of aryl methyl sites for hydroxylation is 1. The number of hydrogen-bond donors (Lipinski definition) is 0. The van der Waals surface area contributed by atoms with Gasteiger partial charge in [0.2, 0.25) is 5.78 Å². The Morgan fingerprint density at radius 2 is 2.21 bits per heavy atom. The number of aromatic nitrogens is 2. The Bertz CT molecular complexity index is 447. The van der Waals surface area contributed by atoms with Gasteiger partial charge in [-0.3, -0.25) is 9.48 Å². The minimum absolute atomic E-state index is 0.00359. The quantitative estimate of drug-likeness (QED) is 0.778. The first-order valence-electron chi connectivity index (χ1n) is 6.62. The molecule has 0 bridgehead atoms. The van der Waals surface area contributed by atoms with Crippen LogP contribution in [0.5, 0.6) is 0 Å². The Morgan fingerprint density at radius 3 is 2.79 bits per heavy atom. The summed E-state index contributed by atoms with van der Waals surface area (Å²) in [5.74, 6) is 0.00359. The summed E-state index contributed by atoms with van der Waals surface area (Å²) in [6, 6.07) is 0. The first-order chi connectivity index (χ1) is 9.14. The van der Waals surface area contributed by atoms with Crippen molar-refractivity contribution in [1.29, 1.82) is 0 Å². The van der Waals surface area contributed by atoms with E-state index in [9.17, 15) is 4.79 Å². The van der Waals surface area contributed by atoms with Gasteiger partial charge in [-0.25, -0.2) is 0 Å². The van der Waals surface area contributed by atoms with Crippen molar-refractivity contribution in [2.45, 2.75) is 38.8 Å². The van der Waals surface area contributed by atoms with Gasteiger partial charge in [0.1, 0.15) is 11.3 Å². The number of halogens is 1. The summed E-state index contributed by atoms with van der Waals surface area (Å²) in [7, 11) is 0. The van der Waals surface area contributed by atoms with E-state index in [1.165, 1.54) is 0 Å². The van der Waals surface area contributed by atoms with Gasteiger partial charge in [0, 0.05) is 39.2 Å². The molecule has 5 nitrogen and oxygen atoms in total. The zero-order valence-corrected chi connectivity index (χ0v) is 12.9. The fourth-order valence-corrected chi connectivity index (χ4v) is 2.93. The van der Waals surface area contributed by atoms with Crippen LogP contribution in [0.1, 0.15) is 37.2 Å². The van der Waals surface area contributed by atoms with Gasteiger partial charge < -0.3 is 9.47 Å². The molecule has 1 fully saturated rings. The van der Waals surface area contributed by atoms with E-state index in [1.807, 2.05) is 13.8 Å². The molecule has 2 rings (SSSR count). The average molecular weight is 331 g/mol. The third-order valence-corrected chi connectivity index (χ3v) is 4.02. The molecule has 19 heavy (non-hydrogen) atoms. The SMILES string of the molecule is CCOC1(C(=O)c2c(Br)cnn2CC)CCOCC1. The van der Waals surface area contributed by atoms with Crippen molar-refractivity contribution in [2.24, 2.45) is 0 Å². The van der Waals surface area contributed by atoms with Crippen LogP contribution < -0.4 is 0 Å². The summed E-state index contributed by atoms with van der Waals surface area (Å²) in [6.45, 7) is 6.17. The van der Waals surface area contributed by atoms with Gasteiger partial charge in [-0.05, 0) is 29.8 Å². The smallest absolute Gasteiger partial charge is 0.213 e. The lowest BCUT2D eigenvalue weighted by atomic mass is 9.87. The number of ketones is 1. The zero-order chi connectivity index (χ0) is 13.9. The summed E-state index contributed by atoms with van der Waals surface area (Å²) in [5, 5.41) is 4.20. The lowest BCUT2D eigenvalue weighted by Crippen LogP contribution is -2.47. The molecule has 1 aliphatic heterocycles. The highest BCUT2D eigenvalue weighted by atomic mass is 79.9. The van der Waals surface area contributed by atoms with E-state index in [0.29, 0.717) is 44.9 Å². The monoisotopic (exact) mass is 330 g/mol. The van der Waals surface area contributed by atoms with Crippen molar-refractivity contribution < 1.29 is 14.3 Å². The Labute approximate surface area is 121 Å². The van der Waals surface area contributed by atoms with Gasteiger partial charge in [-0.2, -0.15) is 5.10 Å². The average Bonchev–Trinajstić information content (AvgIpc) is 2.80. The van der Waals surface area contributed by atoms with Crippen LogP contribution in [-0.4, -0.2) is 41.0 Å². The molecule has 2 heterocycles. The van der Waals surface area contributed by atoms with Crippen LogP contribution in [0.4, 0.5) is 0 Å². The number of hydrogen-bond acceptors (Lipinski definition) is 4. The van der Waals surface area contributed by atoms with Crippen molar-refractivity contribution in [3.8, 4) is 0 Å².